The van der Waals surface area contributed by atoms with Gasteiger partial charge < -0.3 is 20.3 Å². The third kappa shape index (κ3) is 5.57. The average Bonchev–Trinajstić information content (AvgIpc) is 3.68. The fourth-order valence-electron chi connectivity index (χ4n) is 4.27. The van der Waals surface area contributed by atoms with Crippen molar-refractivity contribution >= 4 is 23.5 Å². The Hall–Kier alpha value is -4.00. The molecule has 182 valence electrons. The van der Waals surface area contributed by atoms with E-state index in [9.17, 15) is 19.6 Å². The molecule has 2 amide bonds. The summed E-state index contributed by atoms with van der Waals surface area (Å²) in [5.74, 6) is -0.658. The molecule has 10 heteroatoms. The number of carbonyl (C=O) groups excluding carboxylic acids is 3. The highest BCUT2D eigenvalue weighted by atomic mass is 16.5. The maximum atomic E-state index is 12.8. The average molecular weight is 477 g/mol. The van der Waals surface area contributed by atoms with Gasteiger partial charge >= 0.3 is 5.97 Å². The fourth-order valence-corrected chi connectivity index (χ4v) is 4.27. The maximum Gasteiger partial charge on any atom is 0.340 e. The first kappa shape index (κ1) is 24.1. The number of ether oxygens (including phenoxy) is 1. The number of carbonyl (C=O) groups is 3. The van der Waals surface area contributed by atoms with Gasteiger partial charge in [0.15, 0.2) is 0 Å². The van der Waals surface area contributed by atoms with E-state index in [1.165, 1.54) is 18.7 Å². The smallest absolute Gasteiger partial charge is 0.340 e. The van der Waals surface area contributed by atoms with Gasteiger partial charge in [-0.05, 0) is 56.7 Å². The minimum atomic E-state index is -0.861. The monoisotopic (exact) mass is 476 g/mol. The Morgan fingerprint density at radius 3 is 2.54 bits per heavy atom. The summed E-state index contributed by atoms with van der Waals surface area (Å²) in [6, 6.07) is 7.12. The molecule has 2 aliphatic rings. The molecule has 1 aliphatic heterocycles. The molecule has 2 fully saturated rings. The van der Waals surface area contributed by atoms with Crippen molar-refractivity contribution in [1.82, 2.24) is 20.6 Å². The minimum absolute atomic E-state index is 0.170. The van der Waals surface area contributed by atoms with E-state index in [0.717, 1.165) is 12.8 Å². The largest absolute Gasteiger partial charge is 0.462 e. The number of benzene rings is 1. The second kappa shape index (κ2) is 10.5. The van der Waals surface area contributed by atoms with Gasteiger partial charge in [-0.2, -0.15) is 5.26 Å². The van der Waals surface area contributed by atoms with E-state index in [-0.39, 0.29) is 24.3 Å². The van der Waals surface area contributed by atoms with E-state index < -0.39 is 11.5 Å². The molecule has 0 unspecified atom stereocenters. The molecule has 0 bridgehead atoms. The first-order valence-electron chi connectivity index (χ1n) is 11.8. The highest BCUT2D eigenvalue weighted by molar-refractivity contribution is 6.00. The Labute approximate surface area is 203 Å². The van der Waals surface area contributed by atoms with Gasteiger partial charge in [-0.15, -0.1) is 0 Å². The van der Waals surface area contributed by atoms with Crippen LogP contribution in [0.25, 0.3) is 0 Å². The number of hydrogen-bond donors (Lipinski definition) is 2. The number of rotatable bonds is 8. The molecule has 10 nitrogen and oxygen atoms in total. The molecule has 0 radical (unpaired) electrons. The SMILES string of the molecule is CCOC(=O)c1ccc(C#N)cc1N1CCC(CNC(=O)C2(NC(=O)c3cncnc3)CC2)CC1. The number of anilines is 1. The van der Waals surface area contributed by atoms with E-state index >= 15 is 0 Å². The van der Waals surface area contributed by atoms with Crippen LogP contribution in [-0.4, -0.2) is 59.5 Å². The summed E-state index contributed by atoms with van der Waals surface area (Å²) in [6.07, 6.45) is 7.03. The summed E-state index contributed by atoms with van der Waals surface area (Å²) in [5, 5.41) is 15.1. The summed E-state index contributed by atoms with van der Waals surface area (Å²) >= 11 is 0. The van der Waals surface area contributed by atoms with E-state index in [0.29, 0.717) is 54.9 Å². The van der Waals surface area contributed by atoms with Gasteiger partial charge in [-0.3, -0.25) is 9.59 Å². The number of nitriles is 1. The Bertz CT molecular complexity index is 1130. The number of piperidine rings is 1. The first-order chi connectivity index (χ1) is 17.0. The van der Waals surface area contributed by atoms with Gasteiger partial charge in [0.25, 0.3) is 5.91 Å². The number of aromatic nitrogens is 2. The zero-order chi connectivity index (χ0) is 24.8. The molecule has 0 spiro atoms. The van der Waals surface area contributed by atoms with Crippen LogP contribution in [-0.2, 0) is 9.53 Å². The molecule has 1 aromatic heterocycles. The number of esters is 1. The minimum Gasteiger partial charge on any atom is -0.462 e. The summed E-state index contributed by atoms with van der Waals surface area (Å²) < 4.78 is 5.18. The van der Waals surface area contributed by atoms with Crippen LogP contribution in [0.5, 0.6) is 0 Å². The molecular weight excluding hydrogens is 448 g/mol. The molecule has 1 saturated heterocycles. The van der Waals surface area contributed by atoms with Gasteiger partial charge in [-0.1, -0.05) is 0 Å². The lowest BCUT2D eigenvalue weighted by Gasteiger charge is -2.34. The van der Waals surface area contributed by atoms with E-state index in [1.54, 1.807) is 25.1 Å². The summed E-state index contributed by atoms with van der Waals surface area (Å²) in [4.78, 5) is 47.4. The van der Waals surface area contributed by atoms with Crippen molar-refractivity contribution in [1.29, 1.82) is 5.26 Å². The molecule has 1 aromatic carbocycles. The topological polar surface area (TPSA) is 137 Å². The van der Waals surface area contributed by atoms with Crippen LogP contribution in [0.2, 0.25) is 0 Å². The summed E-state index contributed by atoms with van der Waals surface area (Å²) in [7, 11) is 0. The van der Waals surface area contributed by atoms with Gasteiger partial charge in [-0.25, -0.2) is 14.8 Å². The summed E-state index contributed by atoms with van der Waals surface area (Å²) in [6.45, 7) is 3.94. The second-order valence-corrected chi connectivity index (χ2v) is 8.87. The van der Waals surface area contributed by atoms with Crippen LogP contribution >= 0.6 is 0 Å². The van der Waals surface area contributed by atoms with Gasteiger partial charge in [0.1, 0.15) is 11.9 Å². The number of hydrogen-bond acceptors (Lipinski definition) is 8. The fraction of sp³-hybridized carbons (Fsp3) is 0.440. The van der Waals surface area contributed by atoms with Gasteiger partial charge in [0.2, 0.25) is 5.91 Å². The molecule has 4 rings (SSSR count). The van der Waals surface area contributed by atoms with Crippen LogP contribution in [0, 0.1) is 17.2 Å². The van der Waals surface area contributed by atoms with Crippen LogP contribution < -0.4 is 15.5 Å². The molecule has 2 heterocycles. The molecule has 2 N–H and O–H groups in total. The lowest BCUT2D eigenvalue weighted by Crippen LogP contribution is -2.50. The Morgan fingerprint density at radius 1 is 1.20 bits per heavy atom. The van der Waals surface area contributed by atoms with Crippen LogP contribution in [0.3, 0.4) is 0 Å². The quantitative estimate of drug-likeness (QED) is 0.551. The van der Waals surface area contributed by atoms with Crippen LogP contribution in [0.15, 0.2) is 36.9 Å². The van der Waals surface area contributed by atoms with E-state index in [4.69, 9.17) is 4.74 Å². The second-order valence-electron chi connectivity index (χ2n) is 8.87. The zero-order valence-corrected chi connectivity index (χ0v) is 19.6. The normalized spacial score (nSPS) is 16.6. The van der Waals surface area contributed by atoms with Gasteiger partial charge in [0.05, 0.1) is 35.1 Å². The van der Waals surface area contributed by atoms with Crippen LogP contribution in [0.4, 0.5) is 5.69 Å². The molecule has 1 saturated carbocycles. The van der Waals surface area contributed by atoms with Crippen molar-refractivity contribution in [2.75, 3.05) is 31.1 Å². The number of nitrogens with zero attached hydrogens (tertiary/aromatic N) is 4. The van der Waals surface area contributed by atoms with E-state index in [1.807, 2.05) is 0 Å². The molecule has 35 heavy (non-hydrogen) atoms. The Morgan fingerprint density at radius 2 is 1.91 bits per heavy atom. The van der Waals surface area contributed by atoms with Crippen molar-refractivity contribution in [2.24, 2.45) is 5.92 Å². The van der Waals surface area contributed by atoms with Crippen molar-refractivity contribution in [3.8, 4) is 6.07 Å². The first-order valence-corrected chi connectivity index (χ1v) is 11.8. The molecule has 1 aliphatic carbocycles. The van der Waals surface area contributed by atoms with Crippen molar-refractivity contribution in [3.63, 3.8) is 0 Å². The molecular formula is C25H28N6O4. The molecule has 0 atom stereocenters. The van der Waals surface area contributed by atoms with Gasteiger partial charge in [0, 0.05) is 32.0 Å². The van der Waals surface area contributed by atoms with Crippen LogP contribution in [0.1, 0.15) is 58.9 Å². The Balaban J connectivity index is 1.31. The number of nitrogens with one attached hydrogen (secondary N) is 2. The third-order valence-corrected chi connectivity index (χ3v) is 6.49. The lowest BCUT2D eigenvalue weighted by atomic mass is 9.95. The van der Waals surface area contributed by atoms with Crippen molar-refractivity contribution in [3.05, 3.63) is 53.6 Å². The highest BCUT2D eigenvalue weighted by Crippen LogP contribution is 2.36. The summed E-state index contributed by atoms with van der Waals surface area (Å²) in [5.41, 5.74) is 1.10. The standard InChI is InChI=1S/C25H28N6O4/c1-2-35-23(33)20-4-3-18(12-26)11-21(20)31-9-5-17(6-10-31)13-29-24(34)25(7-8-25)30-22(32)19-14-27-16-28-15-19/h3-4,11,14-17H,2,5-10,13H2,1H3,(H,29,34)(H,30,32). The Kier molecular flexibility index (Phi) is 7.25. The number of amides is 2. The highest BCUT2D eigenvalue weighted by Gasteiger charge is 2.51. The maximum absolute atomic E-state index is 12.8. The molecule has 2 aromatic rings. The lowest BCUT2D eigenvalue weighted by molar-refractivity contribution is -0.124. The van der Waals surface area contributed by atoms with E-state index in [2.05, 4.69) is 31.6 Å². The zero-order valence-electron chi connectivity index (χ0n) is 19.6. The predicted molar refractivity (Wildman–Crippen MR) is 127 cm³/mol. The van der Waals surface area contributed by atoms with Crippen molar-refractivity contribution < 1.29 is 19.1 Å². The predicted octanol–water partition coefficient (Wildman–Crippen LogP) is 1.82. The third-order valence-electron chi connectivity index (χ3n) is 6.49. The van der Waals surface area contributed by atoms with Crippen molar-refractivity contribution in [2.45, 2.75) is 38.1 Å².